The largest absolute Gasteiger partial charge is 1.00 e. The summed E-state index contributed by atoms with van der Waals surface area (Å²) < 4.78 is 5.49. The number of phenols is 1. The summed E-state index contributed by atoms with van der Waals surface area (Å²) in [4.78, 5) is 11.8. The van der Waals surface area contributed by atoms with Crippen molar-refractivity contribution in [1.82, 2.24) is 15.2 Å². The van der Waals surface area contributed by atoms with E-state index in [2.05, 4.69) is 21.3 Å². The predicted molar refractivity (Wildman–Crippen MR) is 132 cm³/mol. The van der Waals surface area contributed by atoms with E-state index >= 15 is 0 Å². The summed E-state index contributed by atoms with van der Waals surface area (Å²) >= 11 is 0. The molecule has 2 atom stereocenters. The zero-order valence-corrected chi connectivity index (χ0v) is 23.5. The maximum atomic E-state index is 10.3. The summed E-state index contributed by atoms with van der Waals surface area (Å²) in [5, 5.41) is 24.9. The molecule has 8 heteroatoms. The van der Waals surface area contributed by atoms with Gasteiger partial charge in [0.05, 0.1) is 0 Å². The number of benzene rings is 2. The molecule has 3 N–H and O–H groups in total. The fourth-order valence-corrected chi connectivity index (χ4v) is 4.97. The zero-order chi connectivity index (χ0) is 23.5. The van der Waals surface area contributed by atoms with E-state index in [4.69, 9.17) is 14.8 Å². The first-order valence-corrected chi connectivity index (χ1v) is 11.9. The fraction of sp³-hybridized carbons (Fsp3) is 0.370. The average molecular weight is 498 g/mol. The number of rotatable bonds is 7. The standard InChI is InChI=1S/C27H30N4O3.K/c1-18-11-20(14-28-26(18)25-13-23(33)12-19-5-2-3-6-24(19)25)27(29-17-34-10-4-9-32)31-15-21-7-8-22(16-31)30-21;/h2-3,5-6,12-14,17,21-22,30,32-33H,4,7-10,15-16H2,1H3;/q-2;+1/b29-27+;. The molecular weight excluding hydrogens is 467 g/mol. The van der Waals surface area contributed by atoms with Crippen molar-refractivity contribution in [2.45, 2.75) is 38.3 Å². The Morgan fingerprint density at radius 1 is 1.26 bits per heavy atom. The summed E-state index contributed by atoms with van der Waals surface area (Å²) in [5.41, 5.74) is 3.38. The Kier molecular flexibility index (Phi) is 9.23. The maximum Gasteiger partial charge on any atom is 1.00 e. The third kappa shape index (κ3) is 6.09. The second kappa shape index (κ2) is 12.2. The molecule has 2 saturated heterocycles. The summed E-state index contributed by atoms with van der Waals surface area (Å²) in [6, 6.07) is 15.9. The molecule has 3 heterocycles. The van der Waals surface area contributed by atoms with Crippen molar-refractivity contribution >= 4 is 16.6 Å². The Morgan fingerprint density at radius 3 is 2.77 bits per heavy atom. The molecule has 7 nitrogen and oxygen atoms in total. The van der Waals surface area contributed by atoms with Crippen molar-refractivity contribution in [3.8, 4) is 17.0 Å². The fourth-order valence-electron chi connectivity index (χ4n) is 4.97. The van der Waals surface area contributed by atoms with E-state index in [0.29, 0.717) is 25.1 Å². The molecule has 0 amide bonds. The van der Waals surface area contributed by atoms with Gasteiger partial charge < -0.3 is 35.1 Å². The van der Waals surface area contributed by atoms with Gasteiger partial charge in [-0.25, -0.2) is 0 Å². The minimum atomic E-state index is 0. The monoisotopic (exact) mass is 497 g/mol. The van der Waals surface area contributed by atoms with Gasteiger partial charge in [-0.2, -0.15) is 0 Å². The number of hydrogen-bond donors (Lipinski definition) is 3. The summed E-state index contributed by atoms with van der Waals surface area (Å²) in [6.07, 6.45) is 4.73. The molecule has 1 aromatic heterocycles. The van der Waals surface area contributed by atoms with Gasteiger partial charge >= 0.3 is 51.4 Å². The van der Waals surface area contributed by atoms with E-state index in [1.165, 1.54) is 19.6 Å². The summed E-state index contributed by atoms with van der Waals surface area (Å²) in [6.45, 7) is 5.73. The Bertz CT molecular complexity index is 1190. The molecule has 2 aliphatic heterocycles. The topological polar surface area (TPSA) is 90.2 Å². The molecule has 3 aromatic rings. The number of aromatic hydroxyl groups is 1. The Labute approximate surface area is 249 Å². The third-order valence-corrected chi connectivity index (χ3v) is 6.53. The van der Waals surface area contributed by atoms with Crippen LogP contribution in [-0.4, -0.2) is 64.3 Å². The van der Waals surface area contributed by atoms with Crippen LogP contribution in [0.5, 0.6) is 5.75 Å². The first kappa shape index (κ1) is 26.6. The number of pyridine rings is 1. The van der Waals surface area contributed by atoms with Crippen molar-refractivity contribution in [1.29, 1.82) is 0 Å². The molecular formula is C27H30KN4O3-. The van der Waals surface area contributed by atoms with Crippen molar-refractivity contribution in [3.05, 3.63) is 66.5 Å². The number of aliphatic imine (C=N–C) groups is 1. The van der Waals surface area contributed by atoms with Gasteiger partial charge in [-0.15, -0.1) is 17.2 Å². The predicted octanol–water partition coefficient (Wildman–Crippen LogP) is 0.421. The summed E-state index contributed by atoms with van der Waals surface area (Å²) in [7, 11) is 0. The van der Waals surface area contributed by atoms with Crippen LogP contribution in [-0.2, 0) is 4.74 Å². The van der Waals surface area contributed by atoms with E-state index in [1.54, 1.807) is 12.1 Å². The molecule has 178 valence electrons. The van der Waals surface area contributed by atoms with Gasteiger partial charge in [0.1, 0.15) is 5.75 Å². The van der Waals surface area contributed by atoms with Crippen LogP contribution >= 0.6 is 0 Å². The van der Waals surface area contributed by atoms with Crippen LogP contribution in [0.4, 0.5) is 0 Å². The molecule has 2 aromatic carbocycles. The first-order chi connectivity index (χ1) is 16.6. The number of fused-ring (bicyclic) bond motifs is 3. The van der Waals surface area contributed by atoms with Crippen molar-refractivity contribution < 1.29 is 66.3 Å². The number of aliphatic hydroxyl groups excluding tert-OH is 1. The number of hydrogen-bond acceptors (Lipinski definition) is 6. The van der Waals surface area contributed by atoms with Crippen LogP contribution in [0.3, 0.4) is 0 Å². The smallest absolute Gasteiger partial charge is 0.508 e. The SMILES string of the molecule is Cc1[c-]c(/C(=N\[CH-]OCCCO)N2CC3CCC(C2)N3)cnc1-c1cc(O)cc2ccccc12.[K+]. The van der Waals surface area contributed by atoms with E-state index in [1.807, 2.05) is 37.4 Å². The molecule has 2 fully saturated rings. The van der Waals surface area contributed by atoms with Gasteiger partial charge in [0.2, 0.25) is 0 Å². The minimum absolute atomic E-state index is 0. The number of aliphatic hydroxyl groups is 1. The van der Waals surface area contributed by atoms with Gasteiger partial charge in [-0.05, 0) is 66.0 Å². The van der Waals surface area contributed by atoms with Crippen LogP contribution in [0.15, 0.2) is 47.6 Å². The molecule has 0 spiro atoms. The average Bonchev–Trinajstić information content (AvgIpc) is 3.18. The Balaban J connectivity index is 0.00000289. The second-order valence-electron chi connectivity index (χ2n) is 9.03. The second-order valence-corrected chi connectivity index (χ2v) is 9.03. The molecule has 0 aliphatic carbocycles. The molecule has 0 radical (unpaired) electrons. The number of nitrogens with zero attached hydrogens (tertiary/aromatic N) is 3. The van der Waals surface area contributed by atoms with Gasteiger partial charge in [0.25, 0.3) is 0 Å². The van der Waals surface area contributed by atoms with E-state index in [-0.39, 0.29) is 63.7 Å². The number of phenolic OH excluding ortho intramolecular Hbond substituents is 1. The van der Waals surface area contributed by atoms with Gasteiger partial charge in [-0.3, -0.25) is 0 Å². The van der Waals surface area contributed by atoms with Crippen LogP contribution in [0.25, 0.3) is 22.0 Å². The van der Waals surface area contributed by atoms with Crippen LogP contribution in [0.2, 0.25) is 0 Å². The summed E-state index contributed by atoms with van der Waals surface area (Å²) in [5.74, 6) is 1.01. The molecule has 2 aliphatic rings. The zero-order valence-electron chi connectivity index (χ0n) is 20.4. The van der Waals surface area contributed by atoms with Crippen molar-refractivity contribution in [3.63, 3.8) is 0 Å². The Hall–Kier alpha value is -1.49. The molecule has 35 heavy (non-hydrogen) atoms. The van der Waals surface area contributed by atoms with E-state index in [0.717, 1.165) is 52.1 Å². The minimum Gasteiger partial charge on any atom is -0.508 e. The van der Waals surface area contributed by atoms with Crippen molar-refractivity contribution in [2.75, 3.05) is 26.3 Å². The van der Waals surface area contributed by atoms with E-state index in [9.17, 15) is 5.11 Å². The molecule has 2 bridgehead atoms. The first-order valence-electron chi connectivity index (χ1n) is 11.9. The van der Waals surface area contributed by atoms with Crippen LogP contribution in [0, 0.1) is 19.7 Å². The number of amidine groups is 1. The normalized spacial score (nSPS) is 19.6. The van der Waals surface area contributed by atoms with Gasteiger partial charge in [0, 0.05) is 38.4 Å². The maximum absolute atomic E-state index is 10.3. The molecule has 0 saturated carbocycles. The number of ether oxygens (including phenoxy) is 1. The van der Waals surface area contributed by atoms with E-state index < -0.39 is 0 Å². The number of piperazine rings is 1. The number of nitrogens with one attached hydrogen (secondary N) is 1. The quantitative estimate of drug-likeness (QED) is 0.144. The number of aromatic nitrogens is 1. The van der Waals surface area contributed by atoms with Crippen molar-refractivity contribution in [2.24, 2.45) is 4.99 Å². The van der Waals surface area contributed by atoms with Crippen LogP contribution in [0.1, 0.15) is 30.4 Å². The molecule has 5 rings (SSSR count). The molecule has 2 unspecified atom stereocenters. The van der Waals surface area contributed by atoms with Crippen LogP contribution < -0.4 is 56.7 Å². The number of likely N-dealkylation sites (tertiary alicyclic amines) is 1. The third-order valence-electron chi connectivity index (χ3n) is 6.53. The van der Waals surface area contributed by atoms with Gasteiger partial charge in [-0.1, -0.05) is 37.4 Å². The number of aryl methyl sites for hydroxylation is 1. The van der Waals surface area contributed by atoms with Gasteiger partial charge in [0.15, 0.2) is 0 Å². The Morgan fingerprint density at radius 2 is 2.03 bits per heavy atom.